The summed E-state index contributed by atoms with van der Waals surface area (Å²) >= 11 is 1.74. The Bertz CT molecular complexity index is 1490. The Kier molecular flexibility index (Phi) is 11.7. The van der Waals surface area contributed by atoms with Crippen LogP contribution in [0.2, 0.25) is 13.1 Å². The molecule has 35 heavy (non-hydrogen) atoms. The van der Waals surface area contributed by atoms with Crippen molar-refractivity contribution in [2.45, 2.75) is 20.0 Å². The van der Waals surface area contributed by atoms with E-state index < -0.39 is 0 Å². The van der Waals surface area contributed by atoms with Gasteiger partial charge in [0.15, 0.2) is 0 Å². The Morgan fingerprint density at radius 1 is 0.629 bits per heavy atom. The van der Waals surface area contributed by atoms with Crippen LogP contribution in [0.15, 0.2) is 115 Å². The minimum atomic E-state index is 0. The van der Waals surface area contributed by atoms with Crippen molar-refractivity contribution in [2.24, 2.45) is 0 Å². The van der Waals surface area contributed by atoms with Crippen molar-refractivity contribution in [1.29, 1.82) is 0 Å². The predicted octanol–water partition coefficient (Wildman–Crippen LogP) is 3.04. The second-order valence-electron chi connectivity index (χ2n) is 8.52. The van der Waals surface area contributed by atoms with Crippen molar-refractivity contribution in [3.05, 3.63) is 121 Å². The zero-order chi connectivity index (χ0) is 23.2. The van der Waals surface area contributed by atoms with Crippen LogP contribution in [0.3, 0.4) is 0 Å². The fourth-order valence-electron chi connectivity index (χ4n) is 4.15. The van der Waals surface area contributed by atoms with Gasteiger partial charge in [0.05, 0.1) is 0 Å². The van der Waals surface area contributed by atoms with Crippen molar-refractivity contribution in [3.8, 4) is 11.1 Å². The molecule has 0 aliphatic rings. The molecule has 0 bridgehead atoms. The molecule has 6 aromatic rings. The molecule has 0 aliphatic carbocycles. The third kappa shape index (κ3) is 7.51. The minimum Gasteiger partial charge on any atom is -1.00 e. The van der Waals surface area contributed by atoms with Crippen molar-refractivity contribution < 1.29 is 48.1 Å². The molecule has 4 heteroatoms. The van der Waals surface area contributed by atoms with E-state index in [2.05, 4.69) is 135 Å². The van der Waals surface area contributed by atoms with Crippen LogP contribution < -0.4 is 24.8 Å². The summed E-state index contributed by atoms with van der Waals surface area (Å²) in [5, 5.41) is 7.95. The zero-order valence-corrected chi connectivity index (χ0v) is 25.2. The molecular formula is C31H28Cl2SiZr-2. The van der Waals surface area contributed by atoms with Gasteiger partial charge in [-0.15, -0.1) is 64.2 Å². The van der Waals surface area contributed by atoms with Crippen LogP contribution in [0, 0.1) is 6.92 Å². The van der Waals surface area contributed by atoms with Gasteiger partial charge in [-0.25, -0.2) is 0 Å². The Hall–Kier alpha value is -1.96. The van der Waals surface area contributed by atoms with E-state index in [0.717, 1.165) is 0 Å². The van der Waals surface area contributed by atoms with Gasteiger partial charge in [-0.3, -0.25) is 0 Å². The monoisotopic (exact) mass is 588 g/mol. The first-order valence-corrected chi connectivity index (χ1v) is 17.5. The molecular weight excluding hydrogens is 563 g/mol. The fraction of sp³-hybridized carbons (Fsp3) is 0.0968. The molecule has 0 atom stereocenters. The van der Waals surface area contributed by atoms with Crippen LogP contribution in [0.1, 0.15) is 5.56 Å². The molecule has 0 aromatic heterocycles. The molecule has 0 nitrogen and oxygen atoms in total. The number of aryl methyl sites for hydroxylation is 1. The first-order chi connectivity index (χ1) is 16.0. The average molecular weight is 591 g/mol. The van der Waals surface area contributed by atoms with E-state index in [1.807, 2.05) is 0 Å². The summed E-state index contributed by atoms with van der Waals surface area (Å²) < 4.78 is 0. The molecule has 0 aliphatic heterocycles. The van der Waals surface area contributed by atoms with Gasteiger partial charge < -0.3 is 24.8 Å². The fourth-order valence-corrected chi connectivity index (χ4v) is 4.15. The van der Waals surface area contributed by atoms with Crippen LogP contribution >= 0.6 is 0 Å². The summed E-state index contributed by atoms with van der Waals surface area (Å²) in [6.45, 7) is 6.78. The van der Waals surface area contributed by atoms with Gasteiger partial charge in [-0.1, -0.05) is 67.1 Å². The van der Waals surface area contributed by atoms with Gasteiger partial charge in [-0.05, 0) is 16.3 Å². The van der Waals surface area contributed by atoms with E-state index in [1.165, 1.54) is 49.0 Å². The number of fused-ring (bicyclic) bond motifs is 3. The van der Waals surface area contributed by atoms with Gasteiger partial charge in [-0.2, -0.15) is 23.6 Å². The number of hydrogen-bond acceptors (Lipinski definition) is 0. The molecule has 0 radical (unpaired) electrons. The van der Waals surface area contributed by atoms with E-state index in [0.29, 0.717) is 0 Å². The molecule has 176 valence electrons. The molecule has 0 saturated carbocycles. The second kappa shape index (κ2) is 14.0. The Labute approximate surface area is 236 Å². The maximum atomic E-state index is 2.31. The summed E-state index contributed by atoms with van der Waals surface area (Å²) in [6.07, 6.45) is 0. The molecule has 0 amide bonds. The van der Waals surface area contributed by atoms with Crippen molar-refractivity contribution in [2.75, 3.05) is 0 Å². The smallest absolute Gasteiger partial charge is 0.0114 e. The second-order valence-corrected chi connectivity index (χ2v) is 17.9. The Balaban J connectivity index is 0.000000242. The van der Waals surface area contributed by atoms with Crippen LogP contribution in [0.4, 0.5) is 0 Å². The normalized spacial score (nSPS) is 9.86. The van der Waals surface area contributed by atoms with Crippen LogP contribution in [-0.2, 0) is 23.3 Å². The van der Waals surface area contributed by atoms with Crippen molar-refractivity contribution in [1.82, 2.24) is 0 Å². The molecule has 0 saturated heterocycles. The van der Waals surface area contributed by atoms with E-state index in [1.54, 1.807) is 23.3 Å². The quantitative estimate of drug-likeness (QED) is 0.204. The van der Waals surface area contributed by atoms with E-state index in [9.17, 15) is 0 Å². The van der Waals surface area contributed by atoms with Crippen molar-refractivity contribution in [3.63, 3.8) is 0 Å². The predicted molar refractivity (Wildman–Crippen MR) is 144 cm³/mol. The maximum Gasteiger partial charge on any atom is -0.0114 e. The third-order valence-corrected chi connectivity index (χ3v) is 5.52. The van der Waals surface area contributed by atoms with E-state index in [-0.39, 0.29) is 30.2 Å². The van der Waals surface area contributed by atoms with Crippen molar-refractivity contribution >= 4 is 37.8 Å². The van der Waals surface area contributed by atoms with Gasteiger partial charge in [0.2, 0.25) is 0 Å². The summed E-state index contributed by atoms with van der Waals surface area (Å²) in [5.41, 5.74) is 4.18. The van der Waals surface area contributed by atoms with Gasteiger partial charge in [0.1, 0.15) is 0 Å². The van der Waals surface area contributed by atoms with Crippen LogP contribution in [0.25, 0.3) is 43.4 Å². The first-order valence-electron chi connectivity index (χ1n) is 11.3. The largest absolute Gasteiger partial charge is 1.00 e. The topological polar surface area (TPSA) is 0 Å². The number of halogens is 2. The van der Waals surface area contributed by atoms with Gasteiger partial charge in [0, 0.05) is 0 Å². The summed E-state index contributed by atoms with van der Waals surface area (Å²) in [6, 6.07) is 40.9. The average Bonchev–Trinajstić information content (AvgIpc) is 3.44. The molecule has 0 unspecified atom stereocenters. The summed E-state index contributed by atoms with van der Waals surface area (Å²) in [7, 11) is 0. The molecule has 0 spiro atoms. The van der Waals surface area contributed by atoms with Crippen LogP contribution in [0.5, 0.6) is 0 Å². The molecule has 0 fully saturated rings. The number of benzene rings is 4. The minimum absolute atomic E-state index is 0. The number of hydrogen-bond donors (Lipinski definition) is 0. The Morgan fingerprint density at radius 2 is 1.17 bits per heavy atom. The maximum absolute atomic E-state index is 2.31. The third-order valence-electron chi connectivity index (χ3n) is 5.52. The standard InChI is InChI=1S/C20H15.C9H7.C2H6Si.2ClH.Zr/c1-14-12-16-8-5-11-19(20(16)13-14)18-10-4-7-15-6-2-3-9-17(15)18;1-2-5-9-7-3-6-8(9)4-1;1-3-2;;;/h2-13H,1H3;1-7H;1-2H3;2*1H;/q2*-1;;;;+2/p-2. The Morgan fingerprint density at radius 3 is 1.89 bits per heavy atom. The summed E-state index contributed by atoms with van der Waals surface area (Å²) in [4.78, 5) is 0. The van der Waals surface area contributed by atoms with Crippen LogP contribution in [-0.4, -0.2) is 5.43 Å². The molecule has 0 heterocycles. The molecule has 0 N–H and O–H groups in total. The first kappa shape index (κ1) is 29.3. The molecule has 6 aromatic carbocycles. The van der Waals surface area contributed by atoms with E-state index >= 15 is 0 Å². The number of rotatable bonds is 1. The van der Waals surface area contributed by atoms with E-state index in [4.69, 9.17) is 0 Å². The SMILES string of the molecule is C[Si](C)=[Zr+2].Cc1cc2c(-c3cccc4ccccc34)cccc2[cH-]1.[Cl-].[Cl-].c1ccc2[cH-]ccc2c1. The van der Waals surface area contributed by atoms with Gasteiger partial charge >= 0.3 is 41.9 Å². The van der Waals surface area contributed by atoms with Gasteiger partial charge in [0.25, 0.3) is 0 Å². The molecule has 6 rings (SSSR count). The zero-order valence-electron chi connectivity index (χ0n) is 20.2. The summed E-state index contributed by atoms with van der Waals surface area (Å²) in [5.74, 6) is 0.